The number of carbonyl (C=O) groups excluding carboxylic acids is 2. The number of nitrogens with one attached hydrogen (secondary N) is 2. The van der Waals surface area contributed by atoms with Crippen LogP contribution in [0.5, 0.6) is 0 Å². The van der Waals surface area contributed by atoms with Gasteiger partial charge in [-0.1, -0.05) is 18.2 Å². The number of hydrogen-bond acceptors (Lipinski definition) is 8. The van der Waals surface area contributed by atoms with Crippen LogP contribution in [-0.4, -0.2) is 87.6 Å². The first-order chi connectivity index (χ1) is 18.0. The summed E-state index contributed by atoms with van der Waals surface area (Å²) in [7, 11) is 5.82. The van der Waals surface area contributed by atoms with Gasteiger partial charge in [-0.15, -0.1) is 0 Å². The van der Waals surface area contributed by atoms with Crippen molar-refractivity contribution in [3.63, 3.8) is 0 Å². The smallest absolute Gasteiger partial charge is 0.274 e. The molecule has 1 fully saturated rings. The van der Waals surface area contributed by atoms with Gasteiger partial charge >= 0.3 is 0 Å². The molecule has 4 rings (SSSR count). The van der Waals surface area contributed by atoms with Crippen LogP contribution in [0.1, 0.15) is 10.5 Å². The van der Waals surface area contributed by atoms with Crippen LogP contribution < -0.4 is 25.3 Å². The molecule has 0 spiro atoms. The lowest BCUT2D eigenvalue weighted by Gasteiger charge is -2.30. The Hall–Kier alpha value is -4.02. The number of aromatic nitrogens is 2. The minimum Gasteiger partial charge on any atom is -0.367 e. The van der Waals surface area contributed by atoms with Gasteiger partial charge in [0.2, 0.25) is 6.41 Å². The first-order valence-corrected chi connectivity index (χ1v) is 12.4. The van der Waals surface area contributed by atoms with Gasteiger partial charge in [0.15, 0.2) is 0 Å². The van der Waals surface area contributed by atoms with Gasteiger partial charge in [0.05, 0.1) is 28.9 Å². The maximum absolute atomic E-state index is 13.2. The SMILES string of the molecule is CN(C)CCN(C=O)c1ccccc1N(C)c1cccc(C(=O)Nc2cnccc2N2CCNCC2)n1. The van der Waals surface area contributed by atoms with Gasteiger partial charge in [0.1, 0.15) is 11.5 Å². The average molecular weight is 503 g/mol. The molecule has 37 heavy (non-hydrogen) atoms. The van der Waals surface area contributed by atoms with Gasteiger partial charge in [0, 0.05) is 52.5 Å². The number of carbonyl (C=O) groups is 2. The van der Waals surface area contributed by atoms with E-state index >= 15 is 0 Å². The molecule has 2 aromatic heterocycles. The minimum atomic E-state index is -0.312. The minimum absolute atomic E-state index is 0.289. The molecule has 10 nitrogen and oxygen atoms in total. The molecule has 1 saturated heterocycles. The summed E-state index contributed by atoms with van der Waals surface area (Å²) in [5, 5.41) is 6.34. The third kappa shape index (κ3) is 6.41. The predicted molar refractivity (Wildman–Crippen MR) is 148 cm³/mol. The van der Waals surface area contributed by atoms with Crippen molar-refractivity contribution < 1.29 is 9.59 Å². The van der Waals surface area contributed by atoms with E-state index in [4.69, 9.17) is 0 Å². The van der Waals surface area contributed by atoms with Crippen LogP contribution in [0, 0.1) is 0 Å². The predicted octanol–water partition coefficient (Wildman–Crippen LogP) is 2.43. The number of anilines is 5. The molecule has 10 heteroatoms. The average Bonchev–Trinajstić information content (AvgIpc) is 2.94. The number of amides is 2. The van der Waals surface area contributed by atoms with Crippen molar-refractivity contribution in [3.05, 3.63) is 66.6 Å². The molecule has 0 atom stereocenters. The summed E-state index contributed by atoms with van der Waals surface area (Å²) >= 11 is 0. The van der Waals surface area contributed by atoms with Crippen molar-refractivity contribution in [2.24, 2.45) is 0 Å². The fraction of sp³-hybridized carbons (Fsp3) is 0.333. The Morgan fingerprint density at radius 2 is 1.78 bits per heavy atom. The molecular formula is C27H34N8O2. The lowest BCUT2D eigenvalue weighted by molar-refractivity contribution is -0.107. The number of benzene rings is 1. The molecule has 194 valence electrons. The maximum atomic E-state index is 13.2. The Morgan fingerprint density at radius 3 is 2.51 bits per heavy atom. The van der Waals surface area contributed by atoms with Crippen molar-refractivity contribution in [3.8, 4) is 0 Å². The highest BCUT2D eigenvalue weighted by Gasteiger charge is 2.19. The Kier molecular flexibility index (Phi) is 8.65. The molecule has 0 aliphatic carbocycles. The quantitative estimate of drug-likeness (QED) is 0.408. The summed E-state index contributed by atoms with van der Waals surface area (Å²) in [5.41, 5.74) is 3.47. The Balaban J connectivity index is 1.55. The van der Waals surface area contributed by atoms with Crippen molar-refractivity contribution >= 4 is 40.9 Å². The molecule has 1 aliphatic heterocycles. The van der Waals surface area contributed by atoms with Crippen LogP contribution in [0.4, 0.5) is 28.6 Å². The Morgan fingerprint density at radius 1 is 1.03 bits per heavy atom. The Bertz CT molecular complexity index is 1210. The number of piperazine rings is 1. The van der Waals surface area contributed by atoms with E-state index in [1.54, 1.807) is 29.4 Å². The van der Waals surface area contributed by atoms with Crippen molar-refractivity contribution in [2.75, 3.05) is 80.4 Å². The van der Waals surface area contributed by atoms with Crippen LogP contribution in [0.25, 0.3) is 0 Å². The molecule has 0 radical (unpaired) electrons. The van der Waals surface area contributed by atoms with Gasteiger partial charge in [-0.25, -0.2) is 4.98 Å². The summed E-state index contributed by atoms with van der Waals surface area (Å²) in [6, 6.07) is 14.9. The molecule has 0 saturated carbocycles. The van der Waals surface area contributed by atoms with Crippen LogP contribution >= 0.6 is 0 Å². The van der Waals surface area contributed by atoms with E-state index in [0.29, 0.717) is 18.1 Å². The second-order valence-electron chi connectivity index (χ2n) is 9.11. The fourth-order valence-electron chi connectivity index (χ4n) is 4.24. The second-order valence-corrected chi connectivity index (χ2v) is 9.11. The van der Waals surface area contributed by atoms with Crippen molar-refractivity contribution in [1.82, 2.24) is 20.2 Å². The first kappa shape index (κ1) is 26.1. The van der Waals surface area contributed by atoms with E-state index in [-0.39, 0.29) is 11.6 Å². The molecule has 1 aliphatic rings. The van der Waals surface area contributed by atoms with Crippen LogP contribution in [0.2, 0.25) is 0 Å². The highest BCUT2D eigenvalue weighted by molar-refractivity contribution is 6.04. The van der Waals surface area contributed by atoms with E-state index in [9.17, 15) is 9.59 Å². The van der Waals surface area contributed by atoms with Gasteiger partial charge in [-0.2, -0.15) is 0 Å². The topological polar surface area (TPSA) is 96.9 Å². The second kappa shape index (κ2) is 12.3. The Labute approximate surface area is 217 Å². The summed E-state index contributed by atoms with van der Waals surface area (Å²) in [6.45, 7) is 4.79. The van der Waals surface area contributed by atoms with Crippen LogP contribution in [-0.2, 0) is 4.79 Å². The summed E-state index contributed by atoms with van der Waals surface area (Å²) in [5.74, 6) is 0.278. The molecule has 2 N–H and O–H groups in total. The van der Waals surface area contributed by atoms with E-state index < -0.39 is 0 Å². The number of para-hydroxylation sites is 2. The molecule has 3 aromatic rings. The highest BCUT2D eigenvalue weighted by Crippen LogP contribution is 2.32. The lowest BCUT2D eigenvalue weighted by atomic mass is 10.2. The van der Waals surface area contributed by atoms with Crippen molar-refractivity contribution in [2.45, 2.75) is 0 Å². The van der Waals surface area contributed by atoms with E-state index in [2.05, 4.69) is 25.5 Å². The van der Waals surface area contributed by atoms with Crippen molar-refractivity contribution in [1.29, 1.82) is 0 Å². The fourth-order valence-corrected chi connectivity index (χ4v) is 4.24. The lowest BCUT2D eigenvalue weighted by Crippen LogP contribution is -2.43. The summed E-state index contributed by atoms with van der Waals surface area (Å²) < 4.78 is 0. The summed E-state index contributed by atoms with van der Waals surface area (Å²) in [6.07, 6.45) is 4.25. The highest BCUT2D eigenvalue weighted by atomic mass is 16.2. The van der Waals surface area contributed by atoms with Gasteiger partial charge in [-0.05, 0) is 44.4 Å². The van der Waals surface area contributed by atoms with Crippen LogP contribution in [0.3, 0.4) is 0 Å². The number of nitrogens with zero attached hydrogens (tertiary/aromatic N) is 6. The molecule has 0 unspecified atom stereocenters. The number of hydrogen-bond donors (Lipinski definition) is 2. The zero-order chi connectivity index (χ0) is 26.2. The third-order valence-electron chi connectivity index (χ3n) is 6.28. The van der Waals surface area contributed by atoms with E-state index in [1.165, 1.54) is 0 Å². The zero-order valence-corrected chi connectivity index (χ0v) is 21.6. The van der Waals surface area contributed by atoms with Crippen LogP contribution in [0.15, 0.2) is 60.9 Å². The largest absolute Gasteiger partial charge is 0.367 e. The van der Waals surface area contributed by atoms with Gasteiger partial charge in [-0.3, -0.25) is 14.6 Å². The third-order valence-corrected chi connectivity index (χ3v) is 6.28. The first-order valence-electron chi connectivity index (χ1n) is 12.4. The molecular weight excluding hydrogens is 468 g/mol. The maximum Gasteiger partial charge on any atom is 0.274 e. The normalized spacial score (nSPS) is 13.4. The van der Waals surface area contributed by atoms with Gasteiger partial charge in [0.25, 0.3) is 5.91 Å². The number of likely N-dealkylation sites (N-methyl/N-ethyl adjacent to an activating group) is 1. The van der Waals surface area contributed by atoms with E-state index in [1.807, 2.05) is 67.3 Å². The van der Waals surface area contributed by atoms with Gasteiger partial charge < -0.3 is 30.2 Å². The zero-order valence-electron chi connectivity index (χ0n) is 21.6. The number of rotatable bonds is 10. The summed E-state index contributed by atoms with van der Waals surface area (Å²) in [4.78, 5) is 41.8. The molecule has 2 amide bonds. The van der Waals surface area contributed by atoms with E-state index in [0.717, 1.165) is 56.2 Å². The number of pyridine rings is 2. The molecule has 3 heterocycles. The monoisotopic (exact) mass is 502 g/mol. The molecule has 0 bridgehead atoms. The standard InChI is InChI=1S/C27H34N8O2/c1-32(2)17-18-35(20-36)25-9-5-4-8-24(25)33(3)26-10-6-7-21(30-26)27(37)31-22-19-29-12-11-23(22)34-15-13-28-14-16-34/h4-12,19-20,28H,13-18H2,1-3H3,(H,31,37). The molecule has 1 aromatic carbocycles.